The van der Waals surface area contributed by atoms with Crippen LogP contribution in [0.4, 0.5) is 11.9 Å². The Labute approximate surface area is 83.2 Å². The monoisotopic (exact) mass is 193 g/mol. The van der Waals surface area contributed by atoms with Crippen molar-refractivity contribution in [3.8, 4) is 0 Å². The summed E-state index contributed by atoms with van der Waals surface area (Å²) in [6, 6.07) is 0. The molecule has 1 fully saturated rings. The summed E-state index contributed by atoms with van der Waals surface area (Å²) in [5, 5.41) is 3.34. The van der Waals surface area contributed by atoms with E-state index in [0.717, 1.165) is 6.42 Å². The zero-order valence-corrected chi connectivity index (χ0v) is 8.32. The molecule has 76 valence electrons. The molecule has 5 heteroatoms. The molecule has 0 aliphatic heterocycles. The standard InChI is InChI=1S/C9H15N5/c1-2-9(4-3-5-9)14-8-12-6-11-7(10)13-8/h6H,2-5H2,1H3,(H3,10,11,12,13,14). The quantitative estimate of drug-likeness (QED) is 0.754. The van der Waals surface area contributed by atoms with Gasteiger partial charge in [0.1, 0.15) is 6.33 Å². The van der Waals surface area contributed by atoms with E-state index in [4.69, 9.17) is 5.73 Å². The van der Waals surface area contributed by atoms with Crippen LogP contribution in [0.25, 0.3) is 0 Å². The molecule has 0 bridgehead atoms. The van der Waals surface area contributed by atoms with E-state index in [0.29, 0.717) is 5.95 Å². The normalized spacial score (nSPS) is 18.6. The third-order valence-corrected chi connectivity index (χ3v) is 2.95. The van der Waals surface area contributed by atoms with E-state index in [2.05, 4.69) is 27.2 Å². The van der Waals surface area contributed by atoms with Crippen molar-refractivity contribution in [2.45, 2.75) is 38.1 Å². The van der Waals surface area contributed by atoms with Crippen molar-refractivity contribution in [3.05, 3.63) is 6.33 Å². The minimum absolute atomic E-state index is 0.202. The number of aromatic nitrogens is 3. The Morgan fingerprint density at radius 1 is 1.50 bits per heavy atom. The van der Waals surface area contributed by atoms with E-state index in [1.165, 1.54) is 25.6 Å². The molecule has 1 aromatic rings. The highest BCUT2D eigenvalue weighted by Gasteiger charge is 2.35. The minimum atomic E-state index is 0.202. The summed E-state index contributed by atoms with van der Waals surface area (Å²) in [6.07, 6.45) is 6.19. The molecule has 0 aromatic carbocycles. The van der Waals surface area contributed by atoms with Crippen LogP contribution in [0.1, 0.15) is 32.6 Å². The lowest BCUT2D eigenvalue weighted by Crippen LogP contribution is -2.44. The second-order valence-corrected chi connectivity index (χ2v) is 3.78. The first-order valence-electron chi connectivity index (χ1n) is 4.97. The van der Waals surface area contributed by atoms with Gasteiger partial charge in [0.25, 0.3) is 0 Å². The van der Waals surface area contributed by atoms with E-state index >= 15 is 0 Å². The zero-order chi connectivity index (χ0) is 10.0. The number of rotatable bonds is 3. The molecule has 0 spiro atoms. The van der Waals surface area contributed by atoms with Crippen molar-refractivity contribution >= 4 is 11.9 Å². The summed E-state index contributed by atoms with van der Waals surface area (Å²) >= 11 is 0. The molecule has 0 radical (unpaired) electrons. The average Bonchev–Trinajstić information content (AvgIpc) is 2.11. The Morgan fingerprint density at radius 2 is 2.29 bits per heavy atom. The molecule has 1 aromatic heterocycles. The smallest absolute Gasteiger partial charge is 0.227 e. The lowest BCUT2D eigenvalue weighted by Gasteiger charge is -2.41. The van der Waals surface area contributed by atoms with Gasteiger partial charge >= 0.3 is 0 Å². The van der Waals surface area contributed by atoms with Gasteiger partial charge in [0.2, 0.25) is 11.9 Å². The Hall–Kier alpha value is -1.39. The minimum Gasteiger partial charge on any atom is -0.368 e. The molecule has 0 saturated heterocycles. The summed E-state index contributed by atoms with van der Waals surface area (Å²) < 4.78 is 0. The molecule has 1 heterocycles. The molecule has 1 saturated carbocycles. The van der Waals surface area contributed by atoms with Crippen LogP contribution in [0.2, 0.25) is 0 Å². The third kappa shape index (κ3) is 1.62. The largest absolute Gasteiger partial charge is 0.368 e. The van der Waals surface area contributed by atoms with Crippen LogP contribution in [0, 0.1) is 0 Å². The molecule has 5 nitrogen and oxygen atoms in total. The average molecular weight is 193 g/mol. The van der Waals surface area contributed by atoms with Gasteiger partial charge in [0, 0.05) is 5.54 Å². The van der Waals surface area contributed by atoms with E-state index < -0.39 is 0 Å². The number of nitrogens with zero attached hydrogens (tertiary/aromatic N) is 3. The van der Waals surface area contributed by atoms with Crippen LogP contribution in [0.5, 0.6) is 0 Å². The van der Waals surface area contributed by atoms with Crippen LogP contribution in [0.15, 0.2) is 6.33 Å². The van der Waals surface area contributed by atoms with Gasteiger partial charge in [0.05, 0.1) is 0 Å². The molecule has 2 rings (SSSR count). The fourth-order valence-corrected chi connectivity index (χ4v) is 1.78. The first-order chi connectivity index (χ1) is 6.74. The molecule has 1 aliphatic carbocycles. The molecule has 3 N–H and O–H groups in total. The van der Waals surface area contributed by atoms with Crippen LogP contribution in [-0.2, 0) is 0 Å². The van der Waals surface area contributed by atoms with Gasteiger partial charge in [-0.15, -0.1) is 0 Å². The lowest BCUT2D eigenvalue weighted by atomic mass is 9.75. The molecular formula is C9H15N5. The van der Waals surface area contributed by atoms with Crippen LogP contribution in [-0.4, -0.2) is 20.5 Å². The number of hydrogen-bond donors (Lipinski definition) is 2. The van der Waals surface area contributed by atoms with Gasteiger partial charge in [-0.25, -0.2) is 9.97 Å². The van der Waals surface area contributed by atoms with Crippen molar-refractivity contribution in [1.29, 1.82) is 0 Å². The topological polar surface area (TPSA) is 76.7 Å². The first kappa shape index (κ1) is 9.18. The number of nitrogen functional groups attached to an aromatic ring is 1. The highest BCUT2D eigenvalue weighted by molar-refractivity contribution is 5.33. The van der Waals surface area contributed by atoms with Crippen LogP contribution in [0.3, 0.4) is 0 Å². The van der Waals surface area contributed by atoms with Gasteiger partial charge < -0.3 is 11.1 Å². The molecule has 14 heavy (non-hydrogen) atoms. The second-order valence-electron chi connectivity index (χ2n) is 3.78. The number of nitrogens with two attached hydrogens (primary N) is 1. The zero-order valence-electron chi connectivity index (χ0n) is 8.32. The maximum Gasteiger partial charge on any atom is 0.227 e. The molecule has 0 unspecified atom stereocenters. The van der Waals surface area contributed by atoms with Crippen LogP contribution < -0.4 is 11.1 Å². The molecule has 0 amide bonds. The van der Waals surface area contributed by atoms with E-state index in [-0.39, 0.29) is 11.5 Å². The van der Waals surface area contributed by atoms with Crippen molar-refractivity contribution in [2.75, 3.05) is 11.1 Å². The van der Waals surface area contributed by atoms with Crippen LogP contribution >= 0.6 is 0 Å². The SMILES string of the molecule is CCC1(Nc2ncnc(N)n2)CCC1. The fraction of sp³-hybridized carbons (Fsp3) is 0.667. The Morgan fingerprint density at radius 3 is 2.79 bits per heavy atom. The maximum atomic E-state index is 5.48. The number of anilines is 2. The Bertz CT molecular complexity index is 315. The second kappa shape index (κ2) is 3.40. The lowest BCUT2D eigenvalue weighted by molar-refractivity contribution is 0.268. The van der Waals surface area contributed by atoms with E-state index in [9.17, 15) is 0 Å². The third-order valence-electron chi connectivity index (χ3n) is 2.95. The van der Waals surface area contributed by atoms with E-state index in [1.807, 2.05) is 0 Å². The van der Waals surface area contributed by atoms with Gasteiger partial charge in [-0.3, -0.25) is 0 Å². The number of nitrogens with one attached hydrogen (secondary N) is 1. The van der Waals surface area contributed by atoms with Gasteiger partial charge in [0.15, 0.2) is 0 Å². The Balaban J connectivity index is 2.09. The highest BCUT2D eigenvalue weighted by atomic mass is 15.2. The Kier molecular flexibility index (Phi) is 2.23. The van der Waals surface area contributed by atoms with Crippen molar-refractivity contribution in [2.24, 2.45) is 0 Å². The van der Waals surface area contributed by atoms with Crippen molar-refractivity contribution in [1.82, 2.24) is 15.0 Å². The van der Waals surface area contributed by atoms with Gasteiger partial charge in [-0.05, 0) is 25.7 Å². The molecule has 1 aliphatic rings. The molecule has 0 atom stereocenters. The van der Waals surface area contributed by atoms with Gasteiger partial charge in [-0.2, -0.15) is 4.98 Å². The number of hydrogen-bond acceptors (Lipinski definition) is 5. The summed E-state index contributed by atoms with van der Waals surface area (Å²) in [7, 11) is 0. The summed E-state index contributed by atoms with van der Waals surface area (Å²) in [6.45, 7) is 2.18. The van der Waals surface area contributed by atoms with Crippen molar-refractivity contribution in [3.63, 3.8) is 0 Å². The van der Waals surface area contributed by atoms with Crippen molar-refractivity contribution < 1.29 is 0 Å². The maximum absolute atomic E-state index is 5.48. The predicted molar refractivity (Wildman–Crippen MR) is 54.7 cm³/mol. The highest BCUT2D eigenvalue weighted by Crippen LogP contribution is 2.37. The summed E-state index contributed by atoms with van der Waals surface area (Å²) in [4.78, 5) is 11.8. The van der Waals surface area contributed by atoms with E-state index in [1.54, 1.807) is 0 Å². The summed E-state index contributed by atoms with van der Waals surface area (Å²) in [5.74, 6) is 0.868. The predicted octanol–water partition coefficient (Wildman–Crippen LogP) is 1.20. The first-order valence-corrected chi connectivity index (χ1v) is 4.97. The molecular weight excluding hydrogens is 178 g/mol. The summed E-state index contributed by atoms with van der Waals surface area (Å²) in [5.41, 5.74) is 5.68. The fourth-order valence-electron chi connectivity index (χ4n) is 1.78. The van der Waals surface area contributed by atoms with Gasteiger partial charge in [-0.1, -0.05) is 6.92 Å².